The molecule has 3 nitrogen and oxygen atoms in total. The van der Waals surface area contributed by atoms with Crippen molar-refractivity contribution in [3.05, 3.63) is 30.1 Å². The van der Waals surface area contributed by atoms with Gasteiger partial charge in [-0.3, -0.25) is 4.98 Å². The maximum atomic E-state index is 5.46. The van der Waals surface area contributed by atoms with Crippen LogP contribution >= 0.6 is 0 Å². The molecule has 0 unspecified atom stereocenters. The zero-order chi connectivity index (χ0) is 11.6. The third kappa shape index (κ3) is 5.83. The van der Waals surface area contributed by atoms with Gasteiger partial charge < -0.3 is 10.6 Å². The molecule has 1 aromatic heterocycles. The first-order chi connectivity index (χ1) is 7.83. The summed E-state index contributed by atoms with van der Waals surface area (Å²) in [5, 5.41) is 0. The molecule has 0 amide bonds. The van der Waals surface area contributed by atoms with Crippen LogP contribution in [0, 0.1) is 0 Å². The Balaban J connectivity index is 2.08. The van der Waals surface area contributed by atoms with E-state index < -0.39 is 0 Å². The number of hydrogen-bond donors (Lipinski definition) is 1. The van der Waals surface area contributed by atoms with Crippen molar-refractivity contribution in [1.29, 1.82) is 0 Å². The molecule has 0 spiro atoms. The van der Waals surface area contributed by atoms with Gasteiger partial charge in [0.1, 0.15) is 0 Å². The van der Waals surface area contributed by atoms with Crippen molar-refractivity contribution in [2.24, 2.45) is 5.73 Å². The van der Waals surface area contributed by atoms with E-state index in [1.165, 1.54) is 24.9 Å². The Kier molecular flexibility index (Phi) is 6.77. The molecule has 0 radical (unpaired) electrons. The lowest BCUT2D eigenvalue weighted by Crippen LogP contribution is -2.22. The molecule has 0 aliphatic carbocycles. The predicted octanol–water partition coefficient (Wildman–Crippen LogP) is 1.68. The van der Waals surface area contributed by atoms with Gasteiger partial charge in [0.25, 0.3) is 0 Å². The van der Waals surface area contributed by atoms with Gasteiger partial charge in [0, 0.05) is 18.9 Å². The highest BCUT2D eigenvalue weighted by Gasteiger charge is 1.99. The molecule has 1 aromatic rings. The van der Waals surface area contributed by atoms with Crippen LogP contribution in [0.5, 0.6) is 0 Å². The Morgan fingerprint density at radius 3 is 2.81 bits per heavy atom. The topological polar surface area (TPSA) is 42.1 Å². The number of rotatable bonds is 8. The summed E-state index contributed by atoms with van der Waals surface area (Å²) in [6.07, 6.45) is 8.49. The van der Waals surface area contributed by atoms with E-state index in [-0.39, 0.29) is 0 Å². The molecule has 0 saturated carbocycles. The second-order valence-corrected chi connectivity index (χ2v) is 4.26. The number of nitrogens with two attached hydrogens (primary N) is 1. The third-order valence-corrected chi connectivity index (χ3v) is 2.75. The van der Waals surface area contributed by atoms with Gasteiger partial charge in [-0.1, -0.05) is 12.5 Å². The van der Waals surface area contributed by atoms with Gasteiger partial charge in [0.05, 0.1) is 0 Å². The minimum atomic E-state index is 0.819. The highest BCUT2D eigenvalue weighted by Crippen LogP contribution is 2.00. The highest BCUT2D eigenvalue weighted by molar-refractivity contribution is 5.08. The van der Waals surface area contributed by atoms with Crippen molar-refractivity contribution in [2.45, 2.75) is 25.7 Å². The minimum Gasteiger partial charge on any atom is -0.330 e. The number of aromatic nitrogens is 1. The molecule has 1 heterocycles. The quantitative estimate of drug-likeness (QED) is 0.679. The molecule has 0 aromatic carbocycles. The summed E-state index contributed by atoms with van der Waals surface area (Å²) in [5.74, 6) is 0. The van der Waals surface area contributed by atoms with Crippen LogP contribution in [-0.4, -0.2) is 36.6 Å². The van der Waals surface area contributed by atoms with E-state index in [1.54, 1.807) is 0 Å². The average Bonchev–Trinajstić information content (AvgIpc) is 2.33. The summed E-state index contributed by atoms with van der Waals surface area (Å²) in [6.45, 7) is 3.09. The molecular weight excluding hydrogens is 198 g/mol. The molecule has 0 saturated heterocycles. The zero-order valence-corrected chi connectivity index (χ0v) is 10.2. The van der Waals surface area contributed by atoms with Gasteiger partial charge in [-0.15, -0.1) is 0 Å². The molecule has 0 aliphatic rings. The predicted molar refractivity (Wildman–Crippen MR) is 68.3 cm³/mol. The lowest BCUT2D eigenvalue weighted by molar-refractivity contribution is 0.329. The van der Waals surface area contributed by atoms with Crippen LogP contribution in [0.25, 0.3) is 0 Å². The van der Waals surface area contributed by atoms with E-state index in [9.17, 15) is 0 Å². The fourth-order valence-electron chi connectivity index (χ4n) is 1.68. The van der Waals surface area contributed by atoms with Gasteiger partial charge in [-0.2, -0.15) is 0 Å². The van der Waals surface area contributed by atoms with Crippen molar-refractivity contribution in [3.8, 4) is 0 Å². The van der Waals surface area contributed by atoms with E-state index in [0.717, 1.165) is 25.9 Å². The smallest absolute Gasteiger partial charge is 0.0300 e. The first-order valence-electron chi connectivity index (χ1n) is 6.10. The van der Waals surface area contributed by atoms with Crippen LogP contribution in [0.1, 0.15) is 24.8 Å². The second-order valence-electron chi connectivity index (χ2n) is 4.26. The van der Waals surface area contributed by atoms with Crippen LogP contribution in [0.2, 0.25) is 0 Å². The Bertz CT molecular complexity index is 261. The van der Waals surface area contributed by atoms with Crippen molar-refractivity contribution in [1.82, 2.24) is 9.88 Å². The Labute approximate surface area is 98.7 Å². The number of pyridine rings is 1. The fraction of sp³-hybridized carbons (Fsp3) is 0.615. The van der Waals surface area contributed by atoms with Crippen LogP contribution in [0.3, 0.4) is 0 Å². The van der Waals surface area contributed by atoms with Gasteiger partial charge in [-0.25, -0.2) is 0 Å². The molecule has 1 rings (SSSR count). The van der Waals surface area contributed by atoms with Crippen LogP contribution in [0.15, 0.2) is 24.5 Å². The summed E-state index contributed by atoms with van der Waals surface area (Å²) in [6, 6.07) is 4.13. The minimum absolute atomic E-state index is 0.819. The van der Waals surface area contributed by atoms with E-state index in [2.05, 4.69) is 23.0 Å². The van der Waals surface area contributed by atoms with Gasteiger partial charge in [0.15, 0.2) is 0 Å². The molecular formula is C13H23N3. The Hall–Kier alpha value is -0.930. The molecule has 0 aliphatic heterocycles. The van der Waals surface area contributed by atoms with Crippen molar-refractivity contribution < 1.29 is 0 Å². The largest absolute Gasteiger partial charge is 0.330 e. The molecule has 0 bridgehead atoms. The fourth-order valence-corrected chi connectivity index (χ4v) is 1.68. The zero-order valence-electron chi connectivity index (χ0n) is 10.2. The summed E-state index contributed by atoms with van der Waals surface area (Å²) < 4.78 is 0. The standard InChI is InChI=1S/C13H23N3/c1-16(10-4-2-3-8-14)11-7-13-6-5-9-15-12-13/h5-6,9,12H,2-4,7-8,10-11,14H2,1H3. The van der Waals surface area contributed by atoms with E-state index in [4.69, 9.17) is 5.73 Å². The molecule has 16 heavy (non-hydrogen) atoms. The summed E-state index contributed by atoms with van der Waals surface area (Å²) in [4.78, 5) is 6.50. The Morgan fingerprint density at radius 1 is 1.25 bits per heavy atom. The number of nitrogens with zero attached hydrogens (tertiary/aromatic N) is 2. The molecule has 2 N–H and O–H groups in total. The van der Waals surface area contributed by atoms with Crippen LogP contribution < -0.4 is 5.73 Å². The maximum Gasteiger partial charge on any atom is 0.0300 e. The lowest BCUT2D eigenvalue weighted by atomic mass is 10.2. The van der Waals surface area contributed by atoms with E-state index in [0.29, 0.717) is 0 Å². The first-order valence-corrected chi connectivity index (χ1v) is 6.10. The van der Waals surface area contributed by atoms with E-state index in [1.807, 2.05) is 18.5 Å². The van der Waals surface area contributed by atoms with Gasteiger partial charge >= 0.3 is 0 Å². The van der Waals surface area contributed by atoms with E-state index >= 15 is 0 Å². The molecule has 3 heteroatoms. The summed E-state index contributed by atoms with van der Waals surface area (Å²) >= 11 is 0. The van der Waals surface area contributed by atoms with Crippen molar-refractivity contribution in [3.63, 3.8) is 0 Å². The monoisotopic (exact) mass is 221 g/mol. The molecule has 0 atom stereocenters. The third-order valence-electron chi connectivity index (χ3n) is 2.75. The second kappa shape index (κ2) is 8.25. The summed E-state index contributed by atoms with van der Waals surface area (Å²) in [5.41, 5.74) is 6.78. The van der Waals surface area contributed by atoms with Crippen LogP contribution in [-0.2, 0) is 6.42 Å². The summed E-state index contributed by atoms with van der Waals surface area (Å²) in [7, 11) is 2.18. The highest BCUT2D eigenvalue weighted by atomic mass is 15.1. The van der Waals surface area contributed by atoms with Gasteiger partial charge in [-0.05, 0) is 51.0 Å². The Morgan fingerprint density at radius 2 is 2.12 bits per heavy atom. The average molecular weight is 221 g/mol. The van der Waals surface area contributed by atoms with Crippen molar-refractivity contribution in [2.75, 3.05) is 26.7 Å². The van der Waals surface area contributed by atoms with Crippen LogP contribution in [0.4, 0.5) is 0 Å². The number of unbranched alkanes of at least 4 members (excludes halogenated alkanes) is 2. The van der Waals surface area contributed by atoms with Gasteiger partial charge in [0.2, 0.25) is 0 Å². The maximum absolute atomic E-state index is 5.46. The lowest BCUT2D eigenvalue weighted by Gasteiger charge is -2.16. The normalized spacial score (nSPS) is 10.9. The molecule has 90 valence electrons. The first kappa shape index (κ1) is 13.1. The SMILES string of the molecule is CN(CCCCCN)CCc1cccnc1. The van der Waals surface area contributed by atoms with Crippen molar-refractivity contribution >= 4 is 0 Å². The number of hydrogen-bond acceptors (Lipinski definition) is 3. The molecule has 0 fully saturated rings. The number of likely N-dealkylation sites (N-methyl/N-ethyl adjacent to an activating group) is 1.